The molecule has 164 valence electrons. The van der Waals surface area contributed by atoms with E-state index in [0.29, 0.717) is 12.2 Å². The van der Waals surface area contributed by atoms with Crippen LogP contribution in [0.5, 0.6) is 0 Å². The molecule has 0 spiro atoms. The first-order valence-electron chi connectivity index (χ1n) is 11.0. The molecule has 2 aliphatic rings. The quantitative estimate of drug-likeness (QED) is 0.584. The van der Waals surface area contributed by atoms with E-state index in [1.54, 1.807) is 17.0 Å². The molecule has 0 atom stereocenters. The van der Waals surface area contributed by atoms with Gasteiger partial charge < -0.3 is 0 Å². The molecule has 0 saturated carbocycles. The number of piperazine rings is 1. The number of anilines is 1. The number of para-hydroxylation sites is 2. The fourth-order valence-corrected chi connectivity index (χ4v) is 4.63. The number of carbonyl (C=O) groups is 2. The van der Waals surface area contributed by atoms with Gasteiger partial charge in [-0.2, -0.15) is 5.10 Å². The molecule has 3 aromatic rings. The minimum absolute atomic E-state index is 0.402. The lowest BCUT2D eigenvalue weighted by atomic mass is 10.1. The molecule has 0 N–H and O–H groups in total. The van der Waals surface area contributed by atoms with Crippen LogP contribution in [0, 0.1) is 13.8 Å². The third kappa shape index (κ3) is 3.63. The molecule has 0 radical (unpaired) electrons. The number of aryl methyl sites for hydroxylation is 1. The second-order valence-corrected chi connectivity index (χ2v) is 8.51. The number of carbonyl (C=O) groups excluding carboxylic acids is 2. The Morgan fingerprint density at radius 3 is 2.25 bits per heavy atom. The molecule has 1 saturated heterocycles. The van der Waals surface area contributed by atoms with Crippen molar-refractivity contribution < 1.29 is 9.59 Å². The van der Waals surface area contributed by atoms with Gasteiger partial charge in [0.25, 0.3) is 5.78 Å². The Labute approximate surface area is 187 Å². The van der Waals surface area contributed by atoms with Crippen LogP contribution in [0.3, 0.4) is 0 Å². The first-order valence-corrected chi connectivity index (χ1v) is 11.0. The van der Waals surface area contributed by atoms with E-state index >= 15 is 0 Å². The molecule has 0 bridgehead atoms. The van der Waals surface area contributed by atoms with Gasteiger partial charge in [0, 0.05) is 44.0 Å². The van der Waals surface area contributed by atoms with Crippen LogP contribution < -0.4 is 4.90 Å². The van der Waals surface area contributed by atoms with Crippen molar-refractivity contribution in [1.29, 1.82) is 0 Å². The van der Waals surface area contributed by atoms with Gasteiger partial charge in [-0.05, 0) is 38.1 Å². The zero-order chi connectivity index (χ0) is 22.2. The number of aromatic nitrogens is 2. The van der Waals surface area contributed by atoms with E-state index in [-0.39, 0.29) is 0 Å². The summed E-state index contributed by atoms with van der Waals surface area (Å²) in [4.78, 5) is 31.0. The van der Waals surface area contributed by atoms with Crippen LogP contribution in [-0.2, 0) is 11.3 Å². The Hall–Kier alpha value is -3.29. The molecule has 1 aromatic heterocycles. The van der Waals surface area contributed by atoms with Crippen LogP contribution >= 0.6 is 0 Å². The number of amides is 1. The van der Waals surface area contributed by atoms with Crippen molar-refractivity contribution in [3.63, 3.8) is 0 Å². The van der Waals surface area contributed by atoms with Gasteiger partial charge in [-0.1, -0.05) is 30.3 Å². The van der Waals surface area contributed by atoms with Gasteiger partial charge in [0.1, 0.15) is 0 Å². The second-order valence-electron chi connectivity index (χ2n) is 8.51. The summed E-state index contributed by atoms with van der Waals surface area (Å²) >= 11 is 0. The topological polar surface area (TPSA) is 61.7 Å². The van der Waals surface area contributed by atoms with Gasteiger partial charge >= 0.3 is 5.91 Å². The SMILES string of the molecule is Cc1nn(-c2ccccc2)c(C)c1CN1CCN(CN2C(=O)C(=O)c3ccccc32)CC1. The van der Waals surface area contributed by atoms with E-state index in [1.165, 1.54) is 11.3 Å². The molecular formula is C25H27N5O2. The molecular weight excluding hydrogens is 402 g/mol. The number of rotatable bonds is 5. The smallest absolute Gasteiger partial charge is 0.296 e. The summed E-state index contributed by atoms with van der Waals surface area (Å²) in [5.74, 6) is -0.825. The minimum Gasteiger partial charge on any atom is -0.296 e. The Bertz CT molecular complexity index is 1160. The molecule has 5 rings (SSSR count). The van der Waals surface area contributed by atoms with Crippen molar-refractivity contribution in [2.24, 2.45) is 0 Å². The van der Waals surface area contributed by atoms with E-state index in [1.807, 2.05) is 35.0 Å². The van der Waals surface area contributed by atoms with Crippen molar-refractivity contribution in [2.45, 2.75) is 20.4 Å². The Kier molecular flexibility index (Phi) is 5.36. The van der Waals surface area contributed by atoms with E-state index < -0.39 is 11.7 Å². The summed E-state index contributed by atoms with van der Waals surface area (Å²) in [6.07, 6.45) is 0. The molecule has 2 aliphatic heterocycles. The molecule has 3 heterocycles. The van der Waals surface area contributed by atoms with Crippen LogP contribution in [-0.4, -0.2) is 64.1 Å². The number of hydrogen-bond acceptors (Lipinski definition) is 5. The average molecular weight is 430 g/mol. The van der Waals surface area contributed by atoms with Crippen LogP contribution in [0.25, 0.3) is 5.69 Å². The molecule has 1 fully saturated rings. The highest BCUT2D eigenvalue weighted by molar-refractivity contribution is 6.52. The Balaban J connectivity index is 1.23. The second kappa shape index (κ2) is 8.33. The van der Waals surface area contributed by atoms with Crippen LogP contribution in [0.15, 0.2) is 54.6 Å². The third-order valence-electron chi connectivity index (χ3n) is 6.51. The number of Topliss-reactive ketones (excluding diaryl/α,β-unsaturated/α-hetero) is 1. The third-order valence-corrected chi connectivity index (χ3v) is 6.51. The summed E-state index contributed by atoms with van der Waals surface area (Å²) in [5, 5.41) is 4.77. The van der Waals surface area contributed by atoms with Crippen molar-refractivity contribution >= 4 is 17.4 Å². The average Bonchev–Trinajstić information content (AvgIpc) is 3.24. The van der Waals surface area contributed by atoms with E-state index in [0.717, 1.165) is 49.8 Å². The van der Waals surface area contributed by atoms with Gasteiger partial charge in [0.15, 0.2) is 0 Å². The van der Waals surface area contributed by atoms with E-state index in [9.17, 15) is 9.59 Å². The standard InChI is InChI=1S/C25H27N5O2/c1-18-22(19(2)30(26-18)20-8-4-3-5-9-20)16-27-12-14-28(15-13-27)17-29-23-11-7-6-10-21(23)24(31)25(29)32/h3-11H,12-17H2,1-2H3. The molecule has 2 aromatic carbocycles. The monoisotopic (exact) mass is 429 g/mol. The lowest BCUT2D eigenvalue weighted by Gasteiger charge is -2.36. The highest BCUT2D eigenvalue weighted by Gasteiger charge is 2.36. The number of hydrogen-bond donors (Lipinski definition) is 0. The van der Waals surface area contributed by atoms with Crippen molar-refractivity contribution in [1.82, 2.24) is 19.6 Å². The molecule has 32 heavy (non-hydrogen) atoms. The summed E-state index contributed by atoms with van der Waals surface area (Å²) in [5.41, 5.74) is 5.83. The lowest BCUT2D eigenvalue weighted by molar-refractivity contribution is -0.114. The molecule has 7 heteroatoms. The largest absolute Gasteiger partial charge is 0.300 e. The van der Waals surface area contributed by atoms with Crippen molar-refractivity contribution in [3.05, 3.63) is 77.1 Å². The predicted molar refractivity (Wildman–Crippen MR) is 123 cm³/mol. The van der Waals surface area contributed by atoms with Gasteiger partial charge in [-0.25, -0.2) is 4.68 Å². The highest BCUT2D eigenvalue weighted by Crippen LogP contribution is 2.29. The molecule has 7 nitrogen and oxygen atoms in total. The van der Waals surface area contributed by atoms with Crippen molar-refractivity contribution in [2.75, 3.05) is 37.7 Å². The maximum atomic E-state index is 12.5. The number of nitrogens with zero attached hydrogens (tertiary/aromatic N) is 5. The predicted octanol–water partition coefficient (Wildman–Crippen LogP) is 2.79. The summed E-state index contributed by atoms with van der Waals surface area (Å²) in [6.45, 7) is 9.05. The number of benzene rings is 2. The van der Waals surface area contributed by atoms with Crippen LogP contribution in [0.4, 0.5) is 5.69 Å². The maximum absolute atomic E-state index is 12.5. The molecule has 0 aliphatic carbocycles. The fourth-order valence-electron chi connectivity index (χ4n) is 4.63. The zero-order valence-corrected chi connectivity index (χ0v) is 18.5. The first kappa shape index (κ1) is 20.6. The van der Waals surface area contributed by atoms with Crippen molar-refractivity contribution in [3.8, 4) is 5.69 Å². The number of fused-ring (bicyclic) bond motifs is 1. The number of ketones is 1. The lowest BCUT2D eigenvalue weighted by Crippen LogP contribution is -2.50. The van der Waals surface area contributed by atoms with Crippen LogP contribution in [0.2, 0.25) is 0 Å². The highest BCUT2D eigenvalue weighted by atomic mass is 16.2. The Morgan fingerprint density at radius 1 is 0.844 bits per heavy atom. The summed E-state index contributed by atoms with van der Waals surface area (Å²) in [7, 11) is 0. The zero-order valence-electron chi connectivity index (χ0n) is 18.5. The normalized spacial score (nSPS) is 17.2. The van der Waals surface area contributed by atoms with Gasteiger partial charge in [0.05, 0.1) is 29.3 Å². The molecule has 0 unspecified atom stereocenters. The summed E-state index contributed by atoms with van der Waals surface area (Å²) < 4.78 is 2.02. The van der Waals surface area contributed by atoms with Crippen LogP contribution in [0.1, 0.15) is 27.3 Å². The fraction of sp³-hybridized carbons (Fsp3) is 0.320. The molecule has 1 amide bonds. The van der Waals surface area contributed by atoms with Gasteiger partial charge in [0.2, 0.25) is 0 Å². The Morgan fingerprint density at radius 2 is 1.50 bits per heavy atom. The maximum Gasteiger partial charge on any atom is 0.300 e. The van der Waals surface area contributed by atoms with E-state index in [4.69, 9.17) is 5.10 Å². The first-order chi connectivity index (χ1) is 15.5. The van der Waals surface area contributed by atoms with Gasteiger partial charge in [-0.3, -0.25) is 24.3 Å². The minimum atomic E-state index is -0.423. The van der Waals surface area contributed by atoms with E-state index in [2.05, 4.69) is 35.8 Å². The van der Waals surface area contributed by atoms with Gasteiger partial charge in [-0.15, -0.1) is 0 Å². The summed E-state index contributed by atoms with van der Waals surface area (Å²) in [6, 6.07) is 17.5.